The zero-order valence-corrected chi connectivity index (χ0v) is 36.9. The zero-order chi connectivity index (χ0) is 40.8. The Morgan fingerprint density at radius 1 is 0.517 bits per heavy atom. The van der Waals surface area contributed by atoms with E-state index >= 15 is 0 Å². The molecule has 0 atom stereocenters. The minimum absolute atomic E-state index is 0.00791. The van der Waals surface area contributed by atoms with Gasteiger partial charge >= 0.3 is 0 Å². The first kappa shape index (κ1) is 37.3. The monoisotopic (exact) mass is 762 g/mol. The maximum Gasteiger partial charge on any atom is 0.256 e. The van der Waals surface area contributed by atoms with E-state index in [2.05, 4.69) is 184 Å². The molecule has 10 rings (SSSR count). The van der Waals surface area contributed by atoms with E-state index < -0.39 is 0 Å². The van der Waals surface area contributed by atoms with Gasteiger partial charge in [0.2, 0.25) is 0 Å². The van der Waals surface area contributed by atoms with Gasteiger partial charge in [-0.05, 0) is 167 Å². The third kappa shape index (κ3) is 5.32. The van der Waals surface area contributed by atoms with Crippen molar-refractivity contribution in [3.05, 3.63) is 136 Å². The Labute approximate surface area is 347 Å². The Balaban J connectivity index is 1.38. The summed E-state index contributed by atoms with van der Waals surface area (Å²) < 4.78 is 7.61. The molecule has 0 N–H and O–H groups in total. The van der Waals surface area contributed by atoms with Gasteiger partial charge in [-0.15, -0.1) is 0 Å². The van der Waals surface area contributed by atoms with E-state index in [1.165, 1.54) is 108 Å². The van der Waals surface area contributed by atoms with Crippen molar-refractivity contribution < 1.29 is 4.42 Å². The van der Waals surface area contributed by atoms with Crippen LogP contribution in [0.5, 0.6) is 0 Å². The number of hydrogen-bond acceptors (Lipinski definition) is 3. The van der Waals surface area contributed by atoms with Crippen molar-refractivity contribution in [2.24, 2.45) is 0 Å². The van der Waals surface area contributed by atoms with Gasteiger partial charge in [-0.1, -0.05) is 115 Å². The Hall–Kier alpha value is -4.96. The van der Waals surface area contributed by atoms with Gasteiger partial charge in [-0.25, -0.2) is 0 Å². The lowest BCUT2D eigenvalue weighted by Gasteiger charge is -2.45. The fourth-order valence-corrected chi connectivity index (χ4v) is 11.3. The topological polar surface area (TPSA) is 19.6 Å². The molecule has 294 valence electrons. The highest BCUT2D eigenvalue weighted by atomic mass is 16.4. The highest BCUT2D eigenvalue weighted by Crippen LogP contribution is 2.54. The minimum atomic E-state index is -0.0911. The molecule has 3 heterocycles. The van der Waals surface area contributed by atoms with Crippen LogP contribution in [0.2, 0.25) is 0 Å². The number of furan rings is 1. The van der Waals surface area contributed by atoms with Crippen LogP contribution in [0.4, 0.5) is 34.3 Å². The molecule has 0 spiro atoms. The van der Waals surface area contributed by atoms with Gasteiger partial charge in [0.25, 0.3) is 6.71 Å². The van der Waals surface area contributed by atoms with Gasteiger partial charge < -0.3 is 9.32 Å². The van der Waals surface area contributed by atoms with Crippen molar-refractivity contribution in [1.82, 2.24) is 0 Å². The Morgan fingerprint density at radius 2 is 1.10 bits per heavy atom. The molecule has 58 heavy (non-hydrogen) atoms. The number of nitrogens with zero attached hydrogens (tertiary/aromatic N) is 2. The van der Waals surface area contributed by atoms with Crippen LogP contribution >= 0.6 is 0 Å². The van der Waals surface area contributed by atoms with Crippen LogP contribution in [-0.4, -0.2) is 6.71 Å². The maximum atomic E-state index is 7.61. The summed E-state index contributed by atoms with van der Waals surface area (Å²) >= 11 is 0. The number of fused-ring (bicyclic) bond motifs is 7. The summed E-state index contributed by atoms with van der Waals surface area (Å²) in [7, 11) is 0. The van der Waals surface area contributed by atoms with Crippen molar-refractivity contribution in [1.29, 1.82) is 0 Å². The summed E-state index contributed by atoms with van der Waals surface area (Å²) in [6.07, 6.45) is 4.57. The summed E-state index contributed by atoms with van der Waals surface area (Å²) in [4.78, 5) is 5.11. The van der Waals surface area contributed by atoms with Gasteiger partial charge in [0.05, 0.1) is 0 Å². The summed E-state index contributed by atoms with van der Waals surface area (Å²) in [6.45, 7) is 28.4. The van der Waals surface area contributed by atoms with Crippen LogP contribution in [-0.2, 0) is 21.7 Å². The van der Waals surface area contributed by atoms with Crippen LogP contribution in [0, 0.1) is 27.7 Å². The normalized spacial score (nSPS) is 18.9. The van der Waals surface area contributed by atoms with Crippen LogP contribution in [0.15, 0.2) is 95.4 Å². The summed E-state index contributed by atoms with van der Waals surface area (Å²) in [6, 6.07) is 35.4. The van der Waals surface area contributed by atoms with E-state index in [0.717, 1.165) is 24.5 Å². The lowest BCUT2D eigenvalue weighted by atomic mass is 9.32. The number of rotatable bonds is 3. The molecule has 0 fully saturated rings. The van der Waals surface area contributed by atoms with Crippen molar-refractivity contribution >= 4 is 57.4 Å². The van der Waals surface area contributed by atoms with Gasteiger partial charge in [0.15, 0.2) is 5.88 Å². The van der Waals surface area contributed by atoms with Crippen molar-refractivity contribution in [2.45, 2.75) is 130 Å². The second-order valence-electron chi connectivity index (χ2n) is 21.0. The average molecular weight is 763 g/mol. The Kier molecular flexibility index (Phi) is 7.91. The number of anilines is 6. The molecule has 0 amide bonds. The molecule has 4 aliphatic rings. The van der Waals surface area contributed by atoms with E-state index in [9.17, 15) is 0 Å². The predicted octanol–water partition coefficient (Wildman–Crippen LogP) is 13.0. The molecule has 5 aromatic carbocycles. The SMILES string of the molecule is Cc1ccc(N2c3ccc(C)cc3B3c4c2cc(-c2c(C)cccc2C)cc4N(c2ccc4c(c2)C(C)(C)CCC4(C)C)c2oc4c(c23)C(C)(C)CCC4(C)C)cc1. The zero-order valence-electron chi connectivity index (χ0n) is 36.9. The molecular weight excluding hydrogens is 703 g/mol. The van der Waals surface area contributed by atoms with Gasteiger partial charge in [-0.2, -0.15) is 0 Å². The molecule has 1 aromatic heterocycles. The number of benzene rings is 5. The van der Waals surface area contributed by atoms with Crippen molar-refractivity contribution in [2.75, 3.05) is 9.80 Å². The number of aryl methyl sites for hydroxylation is 4. The van der Waals surface area contributed by atoms with E-state index in [4.69, 9.17) is 4.42 Å². The predicted molar refractivity (Wildman–Crippen MR) is 248 cm³/mol. The molecule has 0 saturated heterocycles. The van der Waals surface area contributed by atoms with Crippen LogP contribution in [0.3, 0.4) is 0 Å². The molecule has 0 saturated carbocycles. The second-order valence-corrected chi connectivity index (χ2v) is 21.0. The summed E-state index contributed by atoms with van der Waals surface area (Å²) in [5, 5.41) is 0. The van der Waals surface area contributed by atoms with Crippen LogP contribution < -0.4 is 26.2 Å². The maximum absolute atomic E-state index is 7.61. The smallest absolute Gasteiger partial charge is 0.256 e. The van der Waals surface area contributed by atoms with Gasteiger partial charge in [0.1, 0.15) is 5.76 Å². The fraction of sp³-hybridized carbons (Fsp3) is 0.370. The molecular formula is C54H59BN2O. The number of hydrogen-bond donors (Lipinski definition) is 0. The first-order valence-electron chi connectivity index (χ1n) is 21.7. The van der Waals surface area contributed by atoms with E-state index in [0.29, 0.717) is 0 Å². The van der Waals surface area contributed by atoms with Crippen LogP contribution in [0.25, 0.3) is 11.1 Å². The lowest BCUT2D eigenvalue weighted by molar-refractivity contribution is 0.280. The van der Waals surface area contributed by atoms with Gasteiger partial charge in [0, 0.05) is 33.9 Å². The van der Waals surface area contributed by atoms with Crippen molar-refractivity contribution in [3.8, 4) is 11.1 Å². The second kappa shape index (κ2) is 12.3. The molecule has 0 radical (unpaired) electrons. The highest BCUT2D eigenvalue weighted by Gasteiger charge is 2.53. The molecule has 3 nitrogen and oxygen atoms in total. The standard InChI is InChI=1S/C54H59BN2O/c1-32-16-19-37(20-17-32)56-42-23-18-33(2)28-41(42)55-47-43(56)29-36(45-34(3)14-13-15-35(45)4)30-44(47)57(38-21-22-39-40(31-38)52(7,8)25-24-51(39,5)6)50-48(55)46-49(58-50)54(11,12)27-26-53(46,9)10/h13-23,28-31H,24-27H2,1-12H3. The van der Waals surface area contributed by atoms with E-state index in [1.807, 2.05) is 0 Å². The Morgan fingerprint density at radius 3 is 1.79 bits per heavy atom. The minimum Gasteiger partial charge on any atom is -0.444 e. The van der Waals surface area contributed by atoms with Gasteiger partial charge in [-0.3, -0.25) is 4.90 Å². The third-order valence-corrected chi connectivity index (χ3v) is 14.9. The molecule has 0 unspecified atom stereocenters. The quantitative estimate of drug-likeness (QED) is 0.167. The Bertz CT molecular complexity index is 2670. The van der Waals surface area contributed by atoms with E-state index in [1.54, 1.807) is 0 Å². The first-order valence-corrected chi connectivity index (χ1v) is 21.7. The van der Waals surface area contributed by atoms with Crippen LogP contribution in [0.1, 0.15) is 126 Å². The molecule has 2 aliphatic carbocycles. The fourth-order valence-electron chi connectivity index (χ4n) is 11.3. The van der Waals surface area contributed by atoms with E-state index in [-0.39, 0.29) is 28.4 Å². The average Bonchev–Trinajstić information content (AvgIpc) is 3.59. The first-order chi connectivity index (χ1) is 27.4. The summed E-state index contributed by atoms with van der Waals surface area (Å²) in [5.41, 5.74) is 22.2. The third-order valence-electron chi connectivity index (χ3n) is 14.9. The molecule has 4 heteroatoms. The summed E-state index contributed by atoms with van der Waals surface area (Å²) in [5.74, 6) is 2.16. The molecule has 2 aliphatic heterocycles. The highest BCUT2D eigenvalue weighted by molar-refractivity contribution is 7.00. The largest absolute Gasteiger partial charge is 0.444 e. The lowest BCUT2D eigenvalue weighted by Crippen LogP contribution is -2.62. The molecule has 0 bridgehead atoms. The van der Waals surface area contributed by atoms with Crippen molar-refractivity contribution in [3.63, 3.8) is 0 Å². The molecule has 6 aromatic rings.